The smallest absolute Gasteiger partial charge is 0.799 e. The van der Waals surface area contributed by atoms with Gasteiger partial charge in [-0.3, -0.25) is 0 Å². The zero-order valence-electron chi connectivity index (χ0n) is 28.8. The van der Waals surface area contributed by atoms with Gasteiger partial charge in [0, 0.05) is 56.1 Å². The summed E-state index contributed by atoms with van der Waals surface area (Å²) in [7, 11) is -9.28. The van der Waals surface area contributed by atoms with E-state index in [0.29, 0.717) is 0 Å². The molecule has 6 saturated carbocycles. The van der Waals surface area contributed by atoms with Crippen LogP contribution in [-0.4, -0.2) is 34.0 Å². The second kappa shape index (κ2) is 20.8. The molecule has 0 aromatic carbocycles. The third-order valence-electron chi connectivity index (χ3n) is 12.5. The van der Waals surface area contributed by atoms with Gasteiger partial charge in [0.2, 0.25) is 0 Å². The normalized spacial score (nSPS) is 26.2. The Morgan fingerprint density at radius 1 is 0.261 bits per heavy atom. The van der Waals surface area contributed by atoms with Crippen molar-refractivity contribution in [2.24, 2.45) is 0 Å². The number of hydrogen-bond donors (Lipinski definition) is 0. The van der Waals surface area contributed by atoms with Crippen LogP contribution in [0.4, 0.5) is 0 Å². The van der Waals surface area contributed by atoms with Gasteiger partial charge in [-0.05, 0) is 77.0 Å². The number of rotatable bonds is 6. The minimum Gasteiger partial charge on any atom is -0.799 e. The SMILES string of the molecule is O=P([O-])(C1CCCCC1)C1CCCCC1.O=P([O-])(C1CCCCC1)C1CCCCC1.O=P([O-])(C1CCCCC1)C1CCCCC1.[Fe+3]. The topological polar surface area (TPSA) is 120 Å². The second-order valence-corrected chi connectivity index (χ2v) is 23.9. The zero-order valence-corrected chi connectivity index (χ0v) is 32.6. The molecule has 0 unspecified atom stereocenters. The standard InChI is InChI=1S/3C12H23O2P.Fe/c3*13-15(14,11-7-3-1-4-8-11)12-9-5-2-6-10-12;/h3*11-12H,1-10H2,(H,13,14);/q;;;+3/p-3. The molecule has 6 aliphatic rings. The van der Waals surface area contributed by atoms with Gasteiger partial charge < -0.3 is 28.4 Å². The molecule has 0 saturated heterocycles. The molecule has 0 aliphatic heterocycles. The average molecular weight is 744 g/mol. The van der Waals surface area contributed by atoms with Crippen molar-refractivity contribution in [1.82, 2.24) is 0 Å². The maximum absolute atomic E-state index is 12.4. The molecule has 6 fully saturated rings. The molecular formula is C36H66FeO6P3. The van der Waals surface area contributed by atoms with Gasteiger partial charge in [0.15, 0.2) is 0 Å². The van der Waals surface area contributed by atoms with E-state index in [1.54, 1.807) is 0 Å². The third-order valence-corrected chi connectivity index (χ3v) is 21.7. The van der Waals surface area contributed by atoms with E-state index in [9.17, 15) is 28.4 Å². The Kier molecular flexibility index (Phi) is 18.8. The summed E-state index contributed by atoms with van der Waals surface area (Å²) in [5.74, 6) is 0. The number of hydrogen-bond acceptors (Lipinski definition) is 6. The fraction of sp³-hybridized carbons (Fsp3) is 1.00. The van der Waals surface area contributed by atoms with Crippen molar-refractivity contribution in [1.29, 1.82) is 0 Å². The predicted octanol–water partition coefficient (Wildman–Crippen LogP) is 9.87. The summed E-state index contributed by atoms with van der Waals surface area (Å²) in [6.07, 6.45) is 32.3. The van der Waals surface area contributed by atoms with Gasteiger partial charge in [0.05, 0.1) is 0 Å². The summed E-state index contributed by atoms with van der Waals surface area (Å²) in [5.41, 5.74) is 0.219. The monoisotopic (exact) mass is 743 g/mol. The molecule has 10 heteroatoms. The quantitative estimate of drug-likeness (QED) is 0.197. The van der Waals surface area contributed by atoms with Gasteiger partial charge in [-0.2, -0.15) is 0 Å². The first-order valence-corrected chi connectivity index (χ1v) is 24.8. The van der Waals surface area contributed by atoms with Crippen LogP contribution in [-0.2, 0) is 30.8 Å². The van der Waals surface area contributed by atoms with Crippen LogP contribution in [0, 0.1) is 0 Å². The van der Waals surface area contributed by atoms with Crippen molar-refractivity contribution >= 4 is 22.1 Å². The van der Waals surface area contributed by atoms with E-state index in [4.69, 9.17) is 0 Å². The summed E-state index contributed by atoms with van der Waals surface area (Å²) in [6, 6.07) is 0. The summed E-state index contributed by atoms with van der Waals surface area (Å²) in [6.45, 7) is 0. The molecule has 0 aromatic heterocycles. The molecule has 0 spiro atoms. The summed E-state index contributed by atoms with van der Waals surface area (Å²) in [5, 5.41) is 0. The van der Waals surface area contributed by atoms with Crippen LogP contribution in [0.15, 0.2) is 0 Å². The Hall–Kier alpha value is 1.09. The van der Waals surface area contributed by atoms with Gasteiger partial charge in [-0.15, -0.1) is 0 Å². The molecule has 6 aliphatic carbocycles. The first-order chi connectivity index (χ1) is 21.6. The van der Waals surface area contributed by atoms with Gasteiger partial charge in [-0.25, -0.2) is 0 Å². The van der Waals surface area contributed by atoms with Crippen molar-refractivity contribution in [3.63, 3.8) is 0 Å². The first kappa shape index (κ1) is 41.5. The molecule has 0 bridgehead atoms. The molecule has 0 N–H and O–H groups in total. The minimum absolute atomic E-state index is 0. The van der Waals surface area contributed by atoms with E-state index >= 15 is 0 Å². The molecule has 0 amide bonds. The van der Waals surface area contributed by atoms with E-state index in [1.165, 1.54) is 38.5 Å². The van der Waals surface area contributed by atoms with Crippen LogP contribution >= 0.6 is 22.1 Å². The zero-order chi connectivity index (χ0) is 32.2. The van der Waals surface area contributed by atoms with E-state index < -0.39 is 22.1 Å². The van der Waals surface area contributed by atoms with Crippen molar-refractivity contribution in [3.8, 4) is 0 Å². The Bertz CT molecular complexity index is 785. The van der Waals surface area contributed by atoms with Crippen LogP contribution in [0.3, 0.4) is 0 Å². The van der Waals surface area contributed by atoms with Crippen molar-refractivity contribution in [2.45, 2.75) is 227 Å². The molecule has 0 heterocycles. The Morgan fingerprint density at radius 2 is 0.370 bits per heavy atom. The van der Waals surface area contributed by atoms with Crippen molar-refractivity contribution in [2.75, 3.05) is 0 Å². The van der Waals surface area contributed by atoms with Crippen LogP contribution in [0.25, 0.3) is 0 Å². The van der Waals surface area contributed by atoms with E-state index in [0.717, 1.165) is 154 Å². The molecule has 0 atom stereocenters. The van der Waals surface area contributed by atoms with Crippen LogP contribution in [0.5, 0.6) is 0 Å². The predicted molar refractivity (Wildman–Crippen MR) is 184 cm³/mol. The van der Waals surface area contributed by atoms with Crippen LogP contribution in [0.2, 0.25) is 0 Å². The van der Waals surface area contributed by atoms with E-state index in [2.05, 4.69) is 0 Å². The molecule has 1 radical (unpaired) electrons. The molecule has 6 rings (SSSR count). The first-order valence-electron chi connectivity index (χ1n) is 19.5. The maximum atomic E-state index is 12.4. The van der Waals surface area contributed by atoms with E-state index in [-0.39, 0.29) is 51.0 Å². The van der Waals surface area contributed by atoms with Gasteiger partial charge in [-0.1, -0.05) is 116 Å². The van der Waals surface area contributed by atoms with Crippen LogP contribution in [0.1, 0.15) is 193 Å². The fourth-order valence-electron chi connectivity index (χ4n) is 9.54. The Balaban J connectivity index is 0.000000186. The van der Waals surface area contributed by atoms with Crippen LogP contribution < -0.4 is 14.7 Å². The average Bonchev–Trinajstić information content (AvgIpc) is 3.11. The summed E-state index contributed by atoms with van der Waals surface area (Å²) < 4.78 is 37.1. The van der Waals surface area contributed by atoms with Gasteiger partial charge in [0.25, 0.3) is 0 Å². The molecule has 6 nitrogen and oxygen atoms in total. The summed E-state index contributed by atoms with van der Waals surface area (Å²) >= 11 is 0. The fourth-order valence-corrected chi connectivity index (χ4v) is 17.8. The summed E-state index contributed by atoms with van der Waals surface area (Å²) in [4.78, 5) is 37.1. The van der Waals surface area contributed by atoms with Gasteiger partial charge in [0.1, 0.15) is 0 Å². The maximum Gasteiger partial charge on any atom is 3.00 e. The molecule has 46 heavy (non-hydrogen) atoms. The van der Waals surface area contributed by atoms with E-state index in [1.807, 2.05) is 0 Å². The minimum atomic E-state index is -3.09. The molecule has 0 aromatic rings. The van der Waals surface area contributed by atoms with Crippen molar-refractivity contribution < 1.29 is 45.4 Å². The molecule has 269 valence electrons. The Labute approximate surface area is 293 Å². The Morgan fingerprint density at radius 3 is 0.478 bits per heavy atom. The largest absolute Gasteiger partial charge is 3.00 e. The second-order valence-electron chi connectivity index (χ2n) is 15.7. The molecular weight excluding hydrogens is 677 g/mol. The van der Waals surface area contributed by atoms with Crippen molar-refractivity contribution in [3.05, 3.63) is 0 Å². The third kappa shape index (κ3) is 12.1. The van der Waals surface area contributed by atoms with Gasteiger partial charge >= 0.3 is 17.1 Å².